The van der Waals surface area contributed by atoms with Crippen molar-refractivity contribution in [3.8, 4) is 0 Å². The van der Waals surface area contributed by atoms with Crippen molar-refractivity contribution >= 4 is 5.97 Å². The minimum absolute atomic E-state index is 0.00253. The van der Waals surface area contributed by atoms with Gasteiger partial charge in [0, 0.05) is 17.4 Å². The number of nitrogens with zero attached hydrogens (tertiary/aromatic N) is 4. The van der Waals surface area contributed by atoms with Crippen LogP contribution < -0.4 is 0 Å². The molecule has 0 N–H and O–H groups in total. The Labute approximate surface area is 152 Å². The molecule has 12 nitrogen and oxygen atoms in total. The van der Waals surface area contributed by atoms with E-state index in [1.807, 2.05) is 6.07 Å². The van der Waals surface area contributed by atoms with Crippen LogP contribution in [0.15, 0.2) is 35.4 Å². The fraction of sp³-hybridized carbons (Fsp3) is 0.533. The highest BCUT2D eigenvalue weighted by molar-refractivity contribution is 5.66. The van der Waals surface area contributed by atoms with Gasteiger partial charge in [-0.25, -0.2) is 0 Å². The van der Waals surface area contributed by atoms with E-state index >= 15 is 0 Å². The summed E-state index contributed by atoms with van der Waals surface area (Å²) in [5.41, 5.74) is 9.54. The van der Waals surface area contributed by atoms with Crippen molar-refractivity contribution in [2.75, 3.05) is 6.61 Å². The SMILES string of the molecule is CC(=O)O[C@@H]1[C@H](N=[N+]=[N-])[C@@H](O[N+](=O)[O-])O[C@@H]2CO[C@H](c3ccccc3)O[C@H]12. The van der Waals surface area contributed by atoms with E-state index in [0.29, 0.717) is 0 Å². The zero-order valence-corrected chi connectivity index (χ0v) is 14.1. The van der Waals surface area contributed by atoms with Crippen molar-refractivity contribution in [2.45, 2.75) is 43.9 Å². The van der Waals surface area contributed by atoms with Crippen LogP contribution in [0.5, 0.6) is 0 Å². The number of esters is 1. The van der Waals surface area contributed by atoms with E-state index in [-0.39, 0.29) is 6.61 Å². The molecule has 2 fully saturated rings. The van der Waals surface area contributed by atoms with Gasteiger partial charge in [0.1, 0.15) is 24.4 Å². The molecule has 0 radical (unpaired) electrons. The molecule has 2 aliphatic heterocycles. The molecule has 0 bridgehead atoms. The zero-order chi connectivity index (χ0) is 19.4. The molecule has 0 amide bonds. The zero-order valence-electron chi connectivity index (χ0n) is 14.1. The fourth-order valence-corrected chi connectivity index (χ4v) is 3.02. The van der Waals surface area contributed by atoms with E-state index < -0.39 is 48.0 Å². The second kappa shape index (κ2) is 8.18. The largest absolute Gasteiger partial charge is 0.459 e. The number of azide groups is 1. The molecular formula is C15H16N4O8. The number of rotatable bonds is 5. The van der Waals surface area contributed by atoms with Crippen molar-refractivity contribution in [3.05, 3.63) is 56.5 Å². The summed E-state index contributed by atoms with van der Waals surface area (Å²) in [6.45, 7) is 1.16. The van der Waals surface area contributed by atoms with Crippen LogP contribution in [0.3, 0.4) is 0 Å². The van der Waals surface area contributed by atoms with Crippen LogP contribution in [-0.2, 0) is 28.6 Å². The summed E-state index contributed by atoms with van der Waals surface area (Å²) in [4.78, 5) is 29.4. The maximum absolute atomic E-state index is 11.6. The molecule has 1 aromatic carbocycles. The average Bonchev–Trinajstić information content (AvgIpc) is 2.64. The molecule has 27 heavy (non-hydrogen) atoms. The second-order valence-corrected chi connectivity index (χ2v) is 5.82. The molecule has 6 atom stereocenters. The van der Waals surface area contributed by atoms with Crippen molar-refractivity contribution in [1.82, 2.24) is 0 Å². The van der Waals surface area contributed by atoms with Crippen molar-refractivity contribution < 1.29 is 33.7 Å². The van der Waals surface area contributed by atoms with Crippen LogP contribution in [0.4, 0.5) is 0 Å². The number of carbonyl (C=O) groups excluding carboxylic acids is 1. The number of hydrogen-bond donors (Lipinski definition) is 0. The van der Waals surface area contributed by atoms with Gasteiger partial charge in [0.25, 0.3) is 5.09 Å². The Hall–Kier alpha value is -2.92. The summed E-state index contributed by atoms with van der Waals surface area (Å²) in [7, 11) is 0. The van der Waals surface area contributed by atoms with Gasteiger partial charge in [0.05, 0.1) is 6.61 Å². The van der Waals surface area contributed by atoms with Gasteiger partial charge in [-0.15, -0.1) is 10.1 Å². The van der Waals surface area contributed by atoms with Gasteiger partial charge in [0.15, 0.2) is 6.29 Å². The first kappa shape index (κ1) is 18.9. The number of carbonyl (C=O) groups is 1. The normalized spacial score (nSPS) is 32.5. The average molecular weight is 380 g/mol. The molecule has 3 rings (SSSR count). The van der Waals surface area contributed by atoms with Crippen LogP contribution in [0.2, 0.25) is 0 Å². The smallest absolute Gasteiger partial charge is 0.303 e. The highest BCUT2D eigenvalue weighted by Gasteiger charge is 2.52. The lowest BCUT2D eigenvalue weighted by atomic mass is 9.96. The van der Waals surface area contributed by atoms with Gasteiger partial charge < -0.3 is 18.9 Å². The lowest BCUT2D eigenvalue weighted by molar-refractivity contribution is -0.784. The first-order chi connectivity index (χ1) is 13.0. The predicted molar refractivity (Wildman–Crippen MR) is 85.2 cm³/mol. The van der Waals surface area contributed by atoms with E-state index in [4.69, 9.17) is 24.5 Å². The van der Waals surface area contributed by atoms with Gasteiger partial charge >= 0.3 is 5.97 Å². The van der Waals surface area contributed by atoms with E-state index in [9.17, 15) is 14.9 Å². The molecule has 0 spiro atoms. The number of fused-ring (bicyclic) bond motifs is 1. The minimum Gasteiger partial charge on any atom is -0.459 e. The van der Waals surface area contributed by atoms with Crippen LogP contribution in [0.25, 0.3) is 10.4 Å². The van der Waals surface area contributed by atoms with Crippen molar-refractivity contribution in [2.24, 2.45) is 5.11 Å². The summed E-state index contributed by atoms with van der Waals surface area (Å²) in [5.74, 6) is -0.676. The highest BCUT2D eigenvalue weighted by atomic mass is 17.0. The van der Waals surface area contributed by atoms with Gasteiger partial charge in [-0.05, 0) is 5.53 Å². The van der Waals surface area contributed by atoms with E-state index in [1.54, 1.807) is 24.3 Å². The standard InChI is InChI=1S/C15H16N4O8/c1-8(20)24-13-11(17-18-16)15(27-19(21)22)25-10-7-23-14(26-12(10)13)9-5-3-2-4-6-9/h2-6,10-15H,7H2,1H3/t10-,11+,12+,13-,14+,15-/m1/s1. The van der Waals surface area contributed by atoms with E-state index in [1.165, 1.54) is 0 Å². The monoisotopic (exact) mass is 380 g/mol. The van der Waals surface area contributed by atoms with E-state index in [0.717, 1.165) is 12.5 Å². The Kier molecular flexibility index (Phi) is 5.72. The minimum atomic E-state index is -1.57. The summed E-state index contributed by atoms with van der Waals surface area (Å²) in [6, 6.07) is 7.70. The summed E-state index contributed by atoms with van der Waals surface area (Å²) in [6.07, 6.45) is -5.20. The Morgan fingerprint density at radius 2 is 2.11 bits per heavy atom. The number of benzene rings is 1. The lowest BCUT2D eigenvalue weighted by Crippen LogP contribution is -2.62. The highest BCUT2D eigenvalue weighted by Crippen LogP contribution is 2.36. The molecule has 2 heterocycles. The molecule has 2 aliphatic rings. The van der Waals surface area contributed by atoms with Crippen LogP contribution in [0, 0.1) is 10.1 Å². The quantitative estimate of drug-likeness (QED) is 0.186. The third-order valence-electron chi connectivity index (χ3n) is 4.06. The molecule has 144 valence electrons. The Bertz CT molecular complexity index is 741. The third kappa shape index (κ3) is 4.26. The van der Waals surface area contributed by atoms with Crippen molar-refractivity contribution in [1.29, 1.82) is 0 Å². The number of hydrogen-bond acceptors (Lipinski definition) is 9. The predicted octanol–water partition coefficient (Wildman–Crippen LogP) is 1.64. The topological polar surface area (TPSA) is 155 Å². The van der Waals surface area contributed by atoms with Gasteiger partial charge in [-0.3, -0.25) is 9.63 Å². The van der Waals surface area contributed by atoms with Crippen LogP contribution in [-0.4, -0.2) is 48.3 Å². The van der Waals surface area contributed by atoms with E-state index in [2.05, 4.69) is 14.9 Å². The van der Waals surface area contributed by atoms with Gasteiger partial charge in [0.2, 0.25) is 6.29 Å². The van der Waals surface area contributed by atoms with Gasteiger partial charge in [-0.1, -0.05) is 35.4 Å². The lowest BCUT2D eigenvalue weighted by Gasteiger charge is -2.46. The molecule has 12 heteroatoms. The van der Waals surface area contributed by atoms with Crippen molar-refractivity contribution in [3.63, 3.8) is 0 Å². The Morgan fingerprint density at radius 3 is 2.74 bits per heavy atom. The molecule has 0 aromatic heterocycles. The first-order valence-corrected chi connectivity index (χ1v) is 7.99. The molecule has 2 saturated heterocycles. The third-order valence-corrected chi connectivity index (χ3v) is 4.06. The second-order valence-electron chi connectivity index (χ2n) is 5.82. The first-order valence-electron chi connectivity index (χ1n) is 7.99. The maximum atomic E-state index is 11.6. The molecular weight excluding hydrogens is 364 g/mol. The van der Waals surface area contributed by atoms with Crippen LogP contribution in [0.1, 0.15) is 18.8 Å². The molecule has 0 saturated carbocycles. The van der Waals surface area contributed by atoms with Gasteiger partial charge in [-0.2, -0.15) is 0 Å². The van der Waals surface area contributed by atoms with Crippen LogP contribution >= 0.6 is 0 Å². The molecule has 0 aliphatic carbocycles. The maximum Gasteiger partial charge on any atom is 0.303 e. The fourth-order valence-electron chi connectivity index (χ4n) is 3.02. The summed E-state index contributed by atoms with van der Waals surface area (Å²) >= 11 is 0. The number of ether oxygens (including phenoxy) is 4. The molecule has 1 aromatic rings. The summed E-state index contributed by atoms with van der Waals surface area (Å²) in [5, 5.41) is 13.1. The summed E-state index contributed by atoms with van der Waals surface area (Å²) < 4.78 is 22.3. The Balaban J connectivity index is 1.89. The Morgan fingerprint density at radius 1 is 1.37 bits per heavy atom. The molecule has 0 unspecified atom stereocenters.